The molecule has 1 aromatic carbocycles. The molecule has 0 aliphatic rings. The maximum atomic E-state index is 12.4. The van der Waals surface area contributed by atoms with Gasteiger partial charge in [0.15, 0.2) is 0 Å². The number of rotatable bonds is 5. The third kappa shape index (κ3) is 4.48. The molecule has 2 amide bonds. The molecule has 21 heavy (non-hydrogen) atoms. The van der Waals surface area contributed by atoms with Gasteiger partial charge in [-0.15, -0.1) is 0 Å². The second-order valence-electron chi connectivity index (χ2n) is 5.91. The van der Waals surface area contributed by atoms with Crippen LogP contribution in [0.2, 0.25) is 0 Å². The zero-order chi connectivity index (χ0) is 16.2. The molecule has 5 nitrogen and oxygen atoms in total. The van der Waals surface area contributed by atoms with Gasteiger partial charge < -0.3 is 16.0 Å². The van der Waals surface area contributed by atoms with Gasteiger partial charge in [0.2, 0.25) is 5.91 Å². The van der Waals surface area contributed by atoms with Gasteiger partial charge >= 0.3 is 0 Å². The topological polar surface area (TPSA) is 75.4 Å². The summed E-state index contributed by atoms with van der Waals surface area (Å²) in [5.74, 6) is -0.0552. The molecular weight excluding hydrogens is 266 g/mol. The first-order valence-electron chi connectivity index (χ1n) is 7.11. The Labute approximate surface area is 126 Å². The summed E-state index contributed by atoms with van der Waals surface area (Å²) < 4.78 is 0. The van der Waals surface area contributed by atoms with Crippen molar-refractivity contribution in [3.8, 4) is 0 Å². The van der Waals surface area contributed by atoms with Crippen molar-refractivity contribution in [2.45, 2.75) is 33.2 Å². The van der Waals surface area contributed by atoms with E-state index in [1.54, 1.807) is 39.2 Å². The highest BCUT2D eigenvalue weighted by molar-refractivity contribution is 5.99. The molecule has 0 fully saturated rings. The number of likely N-dealkylation sites (N-methyl/N-ethyl adjacent to an activating group) is 1. The van der Waals surface area contributed by atoms with Crippen LogP contribution in [0.3, 0.4) is 0 Å². The highest BCUT2D eigenvalue weighted by Crippen LogP contribution is 2.16. The van der Waals surface area contributed by atoms with E-state index in [0.717, 1.165) is 5.56 Å². The van der Waals surface area contributed by atoms with Gasteiger partial charge in [0.1, 0.15) is 6.04 Å². The van der Waals surface area contributed by atoms with Crippen LogP contribution < -0.4 is 11.1 Å². The summed E-state index contributed by atoms with van der Waals surface area (Å²) in [6, 6.07) is 4.69. The fourth-order valence-corrected chi connectivity index (χ4v) is 2.14. The Morgan fingerprint density at radius 1 is 1.29 bits per heavy atom. The maximum Gasteiger partial charge on any atom is 0.252 e. The van der Waals surface area contributed by atoms with Gasteiger partial charge in [0.05, 0.1) is 0 Å². The molecule has 0 aliphatic heterocycles. The minimum absolute atomic E-state index is 0.0985. The number of nitrogens with one attached hydrogen (secondary N) is 1. The summed E-state index contributed by atoms with van der Waals surface area (Å²) >= 11 is 0. The summed E-state index contributed by atoms with van der Waals surface area (Å²) in [5, 5.41) is 2.83. The lowest BCUT2D eigenvalue weighted by atomic mass is 10.0. The minimum Gasteiger partial charge on any atom is -0.398 e. The second kappa shape index (κ2) is 7.11. The average Bonchev–Trinajstić information content (AvgIpc) is 2.39. The third-order valence-electron chi connectivity index (χ3n) is 3.37. The van der Waals surface area contributed by atoms with Crippen LogP contribution in [0.1, 0.15) is 36.2 Å². The molecule has 3 N–H and O–H groups in total. The number of carbonyl (C=O) groups is 2. The molecule has 0 radical (unpaired) electrons. The Morgan fingerprint density at radius 2 is 1.90 bits per heavy atom. The average molecular weight is 291 g/mol. The van der Waals surface area contributed by atoms with Crippen LogP contribution in [0, 0.1) is 12.8 Å². The molecule has 0 aliphatic carbocycles. The first-order valence-corrected chi connectivity index (χ1v) is 7.11. The largest absolute Gasteiger partial charge is 0.398 e. The lowest BCUT2D eigenvalue weighted by molar-refractivity contribution is -0.131. The van der Waals surface area contributed by atoms with Crippen molar-refractivity contribution in [1.29, 1.82) is 0 Å². The molecule has 1 atom stereocenters. The first kappa shape index (κ1) is 17.0. The number of amides is 2. The Morgan fingerprint density at radius 3 is 2.43 bits per heavy atom. The Balaban J connectivity index is 2.95. The quantitative estimate of drug-likeness (QED) is 0.812. The predicted octanol–water partition coefficient (Wildman–Crippen LogP) is 1.81. The molecule has 116 valence electrons. The molecule has 1 aromatic rings. The minimum atomic E-state index is -0.520. The smallest absolute Gasteiger partial charge is 0.252 e. The van der Waals surface area contributed by atoms with E-state index in [2.05, 4.69) is 5.32 Å². The van der Waals surface area contributed by atoms with E-state index in [-0.39, 0.29) is 11.8 Å². The lowest BCUT2D eigenvalue weighted by Crippen LogP contribution is -2.47. The normalized spacial score (nSPS) is 12.1. The number of anilines is 1. The molecule has 5 heteroatoms. The zero-order valence-electron chi connectivity index (χ0n) is 13.4. The summed E-state index contributed by atoms with van der Waals surface area (Å²) in [4.78, 5) is 26.1. The Bertz CT molecular complexity index is 524. The zero-order valence-corrected chi connectivity index (χ0v) is 13.4. The van der Waals surface area contributed by atoms with Crippen LogP contribution in [0.15, 0.2) is 18.2 Å². The van der Waals surface area contributed by atoms with Crippen LogP contribution in [0.5, 0.6) is 0 Å². The first-order chi connectivity index (χ1) is 9.73. The van der Waals surface area contributed by atoms with Crippen molar-refractivity contribution in [3.05, 3.63) is 29.3 Å². The molecule has 1 rings (SSSR count). The third-order valence-corrected chi connectivity index (χ3v) is 3.37. The molecule has 0 spiro atoms. The van der Waals surface area contributed by atoms with Gasteiger partial charge in [-0.2, -0.15) is 0 Å². The molecule has 0 bridgehead atoms. The molecule has 1 unspecified atom stereocenters. The van der Waals surface area contributed by atoms with E-state index < -0.39 is 6.04 Å². The van der Waals surface area contributed by atoms with Crippen molar-refractivity contribution in [2.24, 2.45) is 5.92 Å². The number of nitrogens with two attached hydrogens (primary N) is 1. The predicted molar refractivity (Wildman–Crippen MR) is 85.0 cm³/mol. The summed E-state index contributed by atoms with van der Waals surface area (Å²) in [5.41, 5.74) is 7.64. The summed E-state index contributed by atoms with van der Waals surface area (Å²) in [6.45, 7) is 5.84. The van der Waals surface area contributed by atoms with Crippen molar-refractivity contribution in [1.82, 2.24) is 10.2 Å². The maximum absolute atomic E-state index is 12.4. The monoisotopic (exact) mass is 291 g/mol. The second-order valence-corrected chi connectivity index (χ2v) is 5.91. The van der Waals surface area contributed by atoms with E-state index in [1.165, 1.54) is 4.90 Å². The van der Waals surface area contributed by atoms with Crippen LogP contribution >= 0.6 is 0 Å². The lowest BCUT2D eigenvalue weighted by Gasteiger charge is -2.23. The standard InChI is InChI=1S/C16H25N3O2/c1-10(2)9-14(16(21)19(4)5)18-15(20)12-7-6-8-13(17)11(12)3/h6-8,10,14H,9,17H2,1-5H3,(H,18,20). The van der Waals surface area contributed by atoms with Gasteiger partial charge in [0.25, 0.3) is 5.91 Å². The highest BCUT2D eigenvalue weighted by Gasteiger charge is 2.24. The van der Waals surface area contributed by atoms with E-state index >= 15 is 0 Å². The SMILES string of the molecule is Cc1c(N)cccc1C(=O)NC(CC(C)C)C(=O)N(C)C. The van der Waals surface area contributed by atoms with Crippen molar-refractivity contribution >= 4 is 17.5 Å². The van der Waals surface area contributed by atoms with E-state index in [0.29, 0.717) is 23.6 Å². The Hall–Kier alpha value is -2.04. The number of hydrogen-bond acceptors (Lipinski definition) is 3. The molecule has 0 heterocycles. The van der Waals surface area contributed by atoms with Gasteiger partial charge in [-0.05, 0) is 37.0 Å². The van der Waals surface area contributed by atoms with Crippen molar-refractivity contribution in [3.63, 3.8) is 0 Å². The number of carbonyl (C=O) groups excluding carboxylic acids is 2. The fourth-order valence-electron chi connectivity index (χ4n) is 2.14. The number of hydrogen-bond donors (Lipinski definition) is 2. The van der Waals surface area contributed by atoms with Gasteiger partial charge in [-0.25, -0.2) is 0 Å². The Kier molecular flexibility index (Phi) is 5.76. The number of nitrogen functional groups attached to an aromatic ring is 1. The summed E-state index contributed by atoms with van der Waals surface area (Å²) in [6.07, 6.45) is 0.601. The van der Waals surface area contributed by atoms with E-state index in [1.807, 2.05) is 13.8 Å². The fraction of sp³-hybridized carbons (Fsp3) is 0.500. The molecular formula is C16H25N3O2. The van der Waals surface area contributed by atoms with Crippen LogP contribution in [0.25, 0.3) is 0 Å². The van der Waals surface area contributed by atoms with Gasteiger partial charge in [-0.1, -0.05) is 19.9 Å². The van der Waals surface area contributed by atoms with E-state index in [4.69, 9.17) is 5.73 Å². The molecule has 0 saturated carbocycles. The molecule has 0 aromatic heterocycles. The molecule has 0 saturated heterocycles. The van der Waals surface area contributed by atoms with E-state index in [9.17, 15) is 9.59 Å². The summed E-state index contributed by atoms with van der Waals surface area (Å²) in [7, 11) is 3.38. The number of benzene rings is 1. The van der Waals surface area contributed by atoms with Crippen molar-refractivity contribution in [2.75, 3.05) is 19.8 Å². The van der Waals surface area contributed by atoms with Crippen molar-refractivity contribution < 1.29 is 9.59 Å². The van der Waals surface area contributed by atoms with Crippen LogP contribution in [-0.4, -0.2) is 36.9 Å². The highest BCUT2D eigenvalue weighted by atomic mass is 16.2. The van der Waals surface area contributed by atoms with Crippen LogP contribution in [0.4, 0.5) is 5.69 Å². The van der Waals surface area contributed by atoms with Gasteiger partial charge in [0, 0.05) is 25.3 Å². The number of nitrogens with zero attached hydrogens (tertiary/aromatic N) is 1. The van der Waals surface area contributed by atoms with Crippen LogP contribution in [-0.2, 0) is 4.79 Å². The van der Waals surface area contributed by atoms with Gasteiger partial charge in [-0.3, -0.25) is 9.59 Å².